The van der Waals surface area contributed by atoms with Crippen LogP contribution in [-0.2, 0) is 0 Å². The zero-order valence-electron chi connectivity index (χ0n) is 15.2. The van der Waals surface area contributed by atoms with Crippen LogP contribution >= 0.6 is 22.6 Å². The van der Waals surface area contributed by atoms with Crippen molar-refractivity contribution in [3.8, 4) is 0 Å². The summed E-state index contributed by atoms with van der Waals surface area (Å²) in [6.07, 6.45) is -6.06. The van der Waals surface area contributed by atoms with Crippen LogP contribution in [0, 0.1) is 0 Å². The van der Waals surface area contributed by atoms with Crippen LogP contribution in [0.3, 0.4) is 0 Å². The van der Waals surface area contributed by atoms with Gasteiger partial charge in [-0.3, -0.25) is 0 Å². The van der Waals surface area contributed by atoms with E-state index in [-0.39, 0.29) is 12.8 Å². The van der Waals surface area contributed by atoms with Gasteiger partial charge < -0.3 is 0 Å². The molecule has 0 aliphatic carbocycles. The number of rotatable bonds is 12. The van der Waals surface area contributed by atoms with Gasteiger partial charge in [0.2, 0.25) is 0 Å². The quantitative estimate of drug-likeness (QED) is 0.0991. The largest absolute Gasteiger partial charge is 0.460 e. The molecule has 0 saturated carbocycles. The van der Waals surface area contributed by atoms with Crippen LogP contribution in [-0.4, -0.2) is 33.3 Å². The lowest BCUT2D eigenvalue weighted by molar-refractivity contribution is -0.422. The van der Waals surface area contributed by atoms with Gasteiger partial charge in [0.05, 0.1) is 0 Å². The first kappa shape index (κ1) is 28.0. The average Bonchev–Trinajstić information content (AvgIpc) is 2.52. The van der Waals surface area contributed by atoms with E-state index in [9.17, 15) is 48.3 Å². The minimum absolute atomic E-state index is 0.0965. The molecule has 1 atom stereocenters. The number of hydrogen-bond acceptors (Lipinski definition) is 0. The summed E-state index contributed by atoms with van der Waals surface area (Å²) in [6, 6.07) is 0. The molecule has 0 radical (unpaired) electrons. The molecule has 0 amide bonds. The molecule has 0 aliphatic heterocycles. The fraction of sp³-hybridized carbons (Fsp3) is 1.00. The van der Waals surface area contributed by atoms with Crippen molar-refractivity contribution >= 4 is 22.6 Å². The van der Waals surface area contributed by atoms with E-state index in [4.69, 9.17) is 0 Å². The van der Waals surface area contributed by atoms with Crippen molar-refractivity contribution in [2.45, 2.75) is 98.5 Å². The Kier molecular flexibility index (Phi) is 9.39. The first-order valence-electron chi connectivity index (χ1n) is 8.60. The predicted molar refractivity (Wildman–Crippen MR) is 90.9 cm³/mol. The molecule has 0 spiro atoms. The first-order valence-corrected chi connectivity index (χ1v) is 9.67. The second-order valence-corrected chi connectivity index (χ2v) is 9.06. The Labute approximate surface area is 169 Å². The lowest BCUT2D eigenvalue weighted by Crippen LogP contribution is -2.67. The Bertz CT molecular complexity index is 487. The van der Waals surface area contributed by atoms with E-state index in [0.29, 0.717) is 12.8 Å². The van der Waals surface area contributed by atoms with Crippen molar-refractivity contribution in [3.05, 3.63) is 0 Å². The molecule has 1 unspecified atom stereocenters. The summed E-state index contributed by atoms with van der Waals surface area (Å²) in [4.78, 5) is 0. The molecule has 170 valence electrons. The van der Waals surface area contributed by atoms with Crippen molar-refractivity contribution in [2.24, 2.45) is 0 Å². The van der Waals surface area contributed by atoms with Gasteiger partial charge in [-0.25, -0.2) is 0 Å². The molecule has 0 saturated heterocycles. The zero-order chi connectivity index (χ0) is 22.7. The molecule has 0 bridgehead atoms. The minimum Gasteiger partial charge on any atom is -0.200 e. The van der Waals surface area contributed by atoms with E-state index in [1.54, 1.807) is 0 Å². The smallest absolute Gasteiger partial charge is 0.200 e. The fourth-order valence-corrected chi connectivity index (χ4v) is 3.41. The average molecular weight is 550 g/mol. The SMILES string of the molecule is CCCCCCCC(I)(CC)CC(F)(F)C(F)(F)C(F)(F)C(F)(F)C(F)(F)F. The monoisotopic (exact) mass is 550 g/mol. The molecule has 0 aromatic rings. The Morgan fingerprint density at radius 2 is 1.07 bits per heavy atom. The maximum absolute atomic E-state index is 14.0. The van der Waals surface area contributed by atoms with E-state index in [1.165, 1.54) is 29.5 Å². The van der Waals surface area contributed by atoms with Crippen LogP contribution in [0.1, 0.15) is 65.2 Å². The number of unbranched alkanes of at least 4 members (excludes halogenated alkanes) is 4. The van der Waals surface area contributed by atoms with Crippen LogP contribution in [0.5, 0.6) is 0 Å². The molecule has 0 N–H and O–H groups in total. The third kappa shape index (κ3) is 5.77. The third-order valence-electron chi connectivity index (χ3n) is 4.50. The second kappa shape index (κ2) is 9.40. The molecule has 0 nitrogen and oxygen atoms in total. The van der Waals surface area contributed by atoms with Gasteiger partial charge in [-0.1, -0.05) is 68.5 Å². The molecular weight excluding hydrogens is 528 g/mol. The molecular formula is C16H22F11I. The van der Waals surface area contributed by atoms with Crippen molar-refractivity contribution in [1.29, 1.82) is 0 Å². The Morgan fingerprint density at radius 3 is 1.46 bits per heavy atom. The topological polar surface area (TPSA) is 0 Å². The highest BCUT2D eigenvalue weighted by Crippen LogP contribution is 2.59. The van der Waals surface area contributed by atoms with Crippen LogP contribution in [0.4, 0.5) is 48.3 Å². The number of hydrogen-bond donors (Lipinski definition) is 0. The molecule has 28 heavy (non-hydrogen) atoms. The molecule has 0 heterocycles. The lowest BCUT2D eigenvalue weighted by Gasteiger charge is -2.40. The van der Waals surface area contributed by atoms with Crippen molar-refractivity contribution in [3.63, 3.8) is 0 Å². The molecule has 0 aromatic carbocycles. The Balaban J connectivity index is 5.57. The van der Waals surface area contributed by atoms with E-state index in [1.807, 2.05) is 6.92 Å². The Morgan fingerprint density at radius 1 is 0.607 bits per heavy atom. The van der Waals surface area contributed by atoms with E-state index < -0.39 is 39.7 Å². The third-order valence-corrected chi connectivity index (χ3v) is 6.19. The van der Waals surface area contributed by atoms with Gasteiger partial charge in [0.15, 0.2) is 0 Å². The summed E-state index contributed by atoms with van der Waals surface area (Å²) >= 11 is 1.36. The zero-order valence-corrected chi connectivity index (χ0v) is 17.3. The van der Waals surface area contributed by atoms with Gasteiger partial charge in [0, 0.05) is 9.84 Å². The number of halogens is 12. The minimum atomic E-state index is -7.33. The van der Waals surface area contributed by atoms with Gasteiger partial charge >= 0.3 is 29.9 Å². The van der Waals surface area contributed by atoms with E-state index in [0.717, 1.165) is 19.3 Å². The van der Waals surface area contributed by atoms with Gasteiger partial charge in [0.25, 0.3) is 0 Å². The molecule has 0 rings (SSSR count). The van der Waals surface area contributed by atoms with Gasteiger partial charge in [-0.2, -0.15) is 48.3 Å². The van der Waals surface area contributed by atoms with E-state index in [2.05, 4.69) is 0 Å². The molecule has 0 aromatic heterocycles. The summed E-state index contributed by atoms with van der Waals surface area (Å²) in [6.45, 7) is 3.23. The normalized spacial score (nSPS) is 16.9. The highest BCUT2D eigenvalue weighted by Gasteiger charge is 2.87. The summed E-state index contributed by atoms with van der Waals surface area (Å²) in [5.41, 5.74) is 0. The van der Waals surface area contributed by atoms with Crippen molar-refractivity contribution < 1.29 is 48.3 Å². The highest BCUT2D eigenvalue weighted by molar-refractivity contribution is 14.1. The van der Waals surface area contributed by atoms with Gasteiger partial charge in [-0.15, -0.1) is 0 Å². The standard InChI is InChI=1S/C16H22F11I/c1-3-5-6-7-8-9-11(28,4-2)10-12(17,18)13(19,20)14(21,22)15(23,24)16(25,26)27/h3-10H2,1-2H3. The summed E-state index contributed by atoms with van der Waals surface area (Å²) < 4.78 is 142. The summed E-state index contributed by atoms with van der Waals surface area (Å²) in [5.74, 6) is -27.3. The molecule has 0 fully saturated rings. The fourth-order valence-electron chi connectivity index (χ4n) is 2.55. The highest BCUT2D eigenvalue weighted by atomic mass is 127. The second-order valence-electron chi connectivity index (χ2n) is 6.77. The maximum Gasteiger partial charge on any atom is 0.460 e. The number of alkyl halides is 12. The first-order chi connectivity index (χ1) is 12.3. The van der Waals surface area contributed by atoms with Crippen molar-refractivity contribution in [2.75, 3.05) is 0 Å². The Hall–Kier alpha value is -0.0400. The van der Waals surface area contributed by atoms with Crippen LogP contribution in [0.25, 0.3) is 0 Å². The predicted octanol–water partition coefficient (Wildman–Crippen LogP) is 8.42. The molecule has 12 heteroatoms. The van der Waals surface area contributed by atoms with E-state index >= 15 is 0 Å². The van der Waals surface area contributed by atoms with Crippen molar-refractivity contribution in [1.82, 2.24) is 0 Å². The maximum atomic E-state index is 14.0. The summed E-state index contributed by atoms with van der Waals surface area (Å²) in [5, 5.41) is 0. The van der Waals surface area contributed by atoms with Crippen LogP contribution in [0.15, 0.2) is 0 Å². The van der Waals surface area contributed by atoms with Crippen LogP contribution in [0.2, 0.25) is 0 Å². The van der Waals surface area contributed by atoms with Crippen LogP contribution < -0.4 is 0 Å². The summed E-state index contributed by atoms with van der Waals surface area (Å²) in [7, 11) is 0. The molecule has 0 aliphatic rings. The van der Waals surface area contributed by atoms with Gasteiger partial charge in [-0.05, 0) is 12.8 Å². The lowest BCUT2D eigenvalue weighted by atomic mass is 9.87. The van der Waals surface area contributed by atoms with Gasteiger partial charge in [0.1, 0.15) is 0 Å².